The van der Waals surface area contributed by atoms with Gasteiger partial charge in [0.1, 0.15) is 0 Å². The molecule has 0 atom stereocenters. The van der Waals surface area contributed by atoms with Gasteiger partial charge >= 0.3 is 0 Å². The third-order valence-electron chi connectivity index (χ3n) is 3.38. The molecular formula is C19H24O2Si. The second-order valence-corrected chi connectivity index (χ2v) is 5.77. The van der Waals surface area contributed by atoms with E-state index in [2.05, 4.69) is 54.2 Å². The molecule has 0 aromatic heterocycles. The van der Waals surface area contributed by atoms with E-state index in [1.165, 1.54) is 11.1 Å². The maximum absolute atomic E-state index is 5.84. The Morgan fingerprint density at radius 2 is 1.23 bits per heavy atom. The molecule has 2 rings (SSSR count). The summed E-state index contributed by atoms with van der Waals surface area (Å²) in [5.74, 6) is 0. The van der Waals surface area contributed by atoms with Crippen LogP contribution < -0.4 is 0 Å². The van der Waals surface area contributed by atoms with Crippen LogP contribution in [0.15, 0.2) is 72.4 Å². The van der Waals surface area contributed by atoms with E-state index in [0.29, 0.717) is 13.2 Å². The topological polar surface area (TPSA) is 18.5 Å². The van der Waals surface area contributed by atoms with Crippen molar-refractivity contribution in [3.63, 3.8) is 0 Å². The van der Waals surface area contributed by atoms with Crippen LogP contribution in [0.2, 0.25) is 0 Å². The van der Waals surface area contributed by atoms with Crippen molar-refractivity contribution in [2.24, 2.45) is 0 Å². The van der Waals surface area contributed by atoms with Crippen LogP contribution in [-0.2, 0) is 22.3 Å². The van der Waals surface area contributed by atoms with Crippen molar-refractivity contribution in [3.8, 4) is 0 Å². The zero-order valence-electron chi connectivity index (χ0n) is 13.2. The first kappa shape index (κ1) is 16.7. The lowest BCUT2D eigenvalue weighted by atomic mass is 10.2. The van der Waals surface area contributed by atoms with E-state index in [4.69, 9.17) is 9.47 Å². The summed E-state index contributed by atoms with van der Waals surface area (Å²) in [7, 11) is 1.02. The van der Waals surface area contributed by atoms with E-state index >= 15 is 0 Å². The highest BCUT2D eigenvalue weighted by Gasteiger charge is 2.05. The minimum absolute atomic E-state index is 0.232. The van der Waals surface area contributed by atoms with E-state index in [1.54, 1.807) is 0 Å². The van der Waals surface area contributed by atoms with Crippen LogP contribution in [0, 0.1) is 0 Å². The molecule has 0 unspecified atom stereocenters. The van der Waals surface area contributed by atoms with Crippen LogP contribution in [-0.4, -0.2) is 29.7 Å². The molecule has 2 aromatic rings. The minimum atomic E-state index is -0.232. The molecule has 2 aromatic carbocycles. The van der Waals surface area contributed by atoms with Gasteiger partial charge in [0.25, 0.3) is 0 Å². The molecule has 0 amide bonds. The molecule has 0 aliphatic heterocycles. The van der Waals surface area contributed by atoms with Crippen molar-refractivity contribution < 1.29 is 9.47 Å². The van der Waals surface area contributed by atoms with E-state index < -0.39 is 0 Å². The zero-order chi connectivity index (χ0) is 15.5. The van der Waals surface area contributed by atoms with Gasteiger partial charge in [-0.3, -0.25) is 0 Å². The Kier molecular flexibility index (Phi) is 7.67. The van der Waals surface area contributed by atoms with Crippen LogP contribution in [0.1, 0.15) is 11.1 Å². The second kappa shape index (κ2) is 10.1. The average molecular weight is 312 g/mol. The van der Waals surface area contributed by atoms with Crippen molar-refractivity contribution in [1.29, 1.82) is 0 Å². The highest BCUT2D eigenvalue weighted by Crippen LogP contribution is 2.05. The molecule has 0 N–H and O–H groups in total. The summed E-state index contributed by atoms with van der Waals surface area (Å²) in [6, 6.07) is 20.8. The van der Waals surface area contributed by atoms with Crippen LogP contribution in [0.25, 0.3) is 0 Å². The van der Waals surface area contributed by atoms with Gasteiger partial charge in [0.2, 0.25) is 0 Å². The molecule has 0 bridgehead atoms. The highest BCUT2D eigenvalue weighted by molar-refractivity contribution is 6.16. The molecule has 0 fully saturated rings. The van der Waals surface area contributed by atoms with Crippen LogP contribution in [0.4, 0.5) is 0 Å². The summed E-state index contributed by atoms with van der Waals surface area (Å²) in [6.07, 6.45) is 3.61. The smallest absolute Gasteiger partial charge is 0.176 e. The molecular weight excluding hydrogens is 288 g/mol. The maximum Gasteiger partial charge on any atom is 0.176 e. The Labute approximate surface area is 136 Å². The Morgan fingerprint density at radius 1 is 0.773 bits per heavy atom. The van der Waals surface area contributed by atoms with Gasteiger partial charge in [-0.15, -0.1) is 5.70 Å². The maximum atomic E-state index is 5.84. The van der Waals surface area contributed by atoms with Gasteiger partial charge in [-0.25, -0.2) is 0 Å². The Balaban J connectivity index is 1.70. The summed E-state index contributed by atoms with van der Waals surface area (Å²) in [4.78, 5) is 0. The lowest BCUT2D eigenvalue weighted by molar-refractivity contribution is -0.109. The van der Waals surface area contributed by atoms with Gasteiger partial charge in [-0.1, -0.05) is 60.7 Å². The Hall–Kier alpha value is -1.68. The van der Waals surface area contributed by atoms with E-state index in [-0.39, 0.29) is 6.29 Å². The van der Waals surface area contributed by atoms with E-state index in [0.717, 1.165) is 23.1 Å². The third-order valence-corrected chi connectivity index (χ3v) is 3.77. The first-order valence-corrected chi connectivity index (χ1v) is 8.98. The lowest BCUT2D eigenvalue weighted by Gasteiger charge is -2.15. The first-order valence-electron chi connectivity index (χ1n) is 7.82. The Bertz CT molecular complexity index is 494. The fraction of sp³-hybridized carbons (Fsp3) is 0.263. The SMILES string of the molecule is [SiH3]C=CC(OCCc1ccccc1)OCCc1ccccc1. The van der Waals surface area contributed by atoms with Gasteiger partial charge in [0.15, 0.2) is 6.29 Å². The molecule has 0 aliphatic carbocycles. The van der Waals surface area contributed by atoms with E-state index in [1.807, 2.05) is 18.2 Å². The summed E-state index contributed by atoms with van der Waals surface area (Å²) < 4.78 is 11.7. The van der Waals surface area contributed by atoms with E-state index in [9.17, 15) is 0 Å². The summed E-state index contributed by atoms with van der Waals surface area (Å²) >= 11 is 0. The molecule has 3 heteroatoms. The molecule has 22 heavy (non-hydrogen) atoms. The van der Waals surface area contributed by atoms with Crippen molar-refractivity contribution in [1.82, 2.24) is 0 Å². The molecule has 116 valence electrons. The highest BCUT2D eigenvalue weighted by atomic mass is 28.1. The van der Waals surface area contributed by atoms with Gasteiger partial charge in [0, 0.05) is 10.2 Å². The van der Waals surface area contributed by atoms with Crippen LogP contribution >= 0.6 is 0 Å². The lowest BCUT2D eigenvalue weighted by Crippen LogP contribution is -2.18. The monoisotopic (exact) mass is 312 g/mol. The quantitative estimate of drug-likeness (QED) is 0.523. The van der Waals surface area contributed by atoms with Gasteiger partial charge in [-0.05, 0) is 30.0 Å². The van der Waals surface area contributed by atoms with Gasteiger partial charge in [0.05, 0.1) is 13.2 Å². The number of hydrogen-bond acceptors (Lipinski definition) is 2. The standard InChI is InChI=1S/C19H24O2Si/c22-16-13-19(20-14-11-17-7-3-1-4-8-17)21-15-12-18-9-5-2-6-10-18/h1-10,13,16,19H,11-12,14-15H2,22H3. The van der Waals surface area contributed by atoms with Crippen molar-refractivity contribution >= 4 is 10.2 Å². The van der Waals surface area contributed by atoms with Gasteiger partial charge < -0.3 is 9.47 Å². The number of ether oxygens (including phenoxy) is 2. The molecule has 0 aliphatic rings. The average Bonchev–Trinajstić information content (AvgIpc) is 2.57. The third kappa shape index (κ3) is 6.39. The molecule has 0 radical (unpaired) electrons. The summed E-state index contributed by atoms with van der Waals surface area (Å²) in [6.45, 7) is 1.35. The zero-order valence-corrected chi connectivity index (χ0v) is 15.2. The van der Waals surface area contributed by atoms with Crippen molar-refractivity contribution in [2.75, 3.05) is 13.2 Å². The fourth-order valence-corrected chi connectivity index (χ4v) is 2.51. The number of benzene rings is 2. The summed E-state index contributed by atoms with van der Waals surface area (Å²) in [5.41, 5.74) is 4.69. The normalized spacial score (nSPS) is 11.5. The van der Waals surface area contributed by atoms with Crippen LogP contribution in [0.5, 0.6) is 0 Å². The van der Waals surface area contributed by atoms with Crippen molar-refractivity contribution in [2.45, 2.75) is 19.1 Å². The minimum Gasteiger partial charge on any atom is -0.349 e. The molecule has 0 saturated carbocycles. The molecule has 2 nitrogen and oxygen atoms in total. The second-order valence-electron chi connectivity index (χ2n) is 5.11. The van der Waals surface area contributed by atoms with Crippen LogP contribution in [0.3, 0.4) is 0 Å². The van der Waals surface area contributed by atoms with Crippen molar-refractivity contribution in [3.05, 3.63) is 83.6 Å². The largest absolute Gasteiger partial charge is 0.349 e. The summed E-state index contributed by atoms with van der Waals surface area (Å²) in [5, 5.41) is 0. The predicted octanol–water partition coefficient (Wildman–Crippen LogP) is 2.71. The first-order chi connectivity index (χ1) is 10.9. The predicted molar refractivity (Wildman–Crippen MR) is 95.1 cm³/mol. The number of hydrogen-bond donors (Lipinski definition) is 0. The Morgan fingerprint density at radius 3 is 1.64 bits per heavy atom. The molecule has 0 heterocycles. The molecule has 0 spiro atoms. The fourth-order valence-electron chi connectivity index (χ4n) is 2.19. The number of rotatable bonds is 9. The molecule has 0 saturated heterocycles. The van der Waals surface area contributed by atoms with Gasteiger partial charge in [-0.2, -0.15) is 0 Å².